The minimum atomic E-state index is 1.01. The predicted octanol–water partition coefficient (Wildman–Crippen LogP) is 9.01. The molecule has 1 nitrogen and oxygen atoms in total. The van der Waals surface area contributed by atoms with Crippen LogP contribution in [0, 0.1) is 13.8 Å². The highest BCUT2D eigenvalue weighted by Crippen LogP contribution is 2.35. The number of aromatic nitrogens is 1. The zero-order valence-electron chi connectivity index (χ0n) is 19.4. The third-order valence-corrected chi connectivity index (χ3v) is 6.67. The smallest absolute Gasteiger partial charge is 0.0718 e. The molecule has 0 atom stereocenters. The first-order chi connectivity index (χ1) is 16.7. The Hall–Kier alpha value is -4.23. The number of aryl methyl sites for hydroxylation is 2. The van der Waals surface area contributed by atoms with E-state index in [1.54, 1.807) is 0 Å². The second kappa shape index (κ2) is 8.28. The molecule has 5 aromatic carbocycles. The molecule has 6 rings (SSSR count). The van der Waals surface area contributed by atoms with E-state index >= 15 is 0 Å². The average Bonchev–Trinajstić information content (AvgIpc) is 2.88. The van der Waals surface area contributed by atoms with Crippen molar-refractivity contribution in [1.82, 2.24) is 4.98 Å². The van der Waals surface area contributed by atoms with Crippen LogP contribution in [0.4, 0.5) is 0 Å². The molecule has 0 radical (unpaired) electrons. The second-order valence-electron chi connectivity index (χ2n) is 9.02. The molecule has 0 amide bonds. The third-order valence-electron chi connectivity index (χ3n) is 6.67. The molecule has 0 aliphatic carbocycles. The van der Waals surface area contributed by atoms with Crippen LogP contribution < -0.4 is 0 Å². The molecule has 162 valence electrons. The van der Waals surface area contributed by atoms with Gasteiger partial charge in [-0.25, -0.2) is 4.98 Å². The summed E-state index contributed by atoms with van der Waals surface area (Å²) >= 11 is 0. The van der Waals surface area contributed by atoms with Gasteiger partial charge < -0.3 is 0 Å². The fourth-order valence-corrected chi connectivity index (χ4v) is 4.86. The van der Waals surface area contributed by atoms with Gasteiger partial charge in [-0.2, -0.15) is 0 Å². The van der Waals surface area contributed by atoms with E-state index in [2.05, 4.69) is 129 Å². The van der Waals surface area contributed by atoms with E-state index in [9.17, 15) is 0 Å². The van der Waals surface area contributed by atoms with Crippen LogP contribution in [0.2, 0.25) is 0 Å². The molecule has 0 fully saturated rings. The Morgan fingerprint density at radius 1 is 0.412 bits per heavy atom. The Bertz CT molecular complexity index is 1560. The Balaban J connectivity index is 1.61. The number of nitrogens with zero attached hydrogens (tertiary/aromatic N) is 1. The molecular weight excluding hydrogens is 410 g/mol. The highest BCUT2D eigenvalue weighted by atomic mass is 14.7. The molecule has 1 aromatic heterocycles. The standard InChI is InChI=1S/C33H25N/c1-22-16-25-12-6-8-14-27(25)18-30(22)32-20-29(24-10-4-3-5-11-24)21-33(34-32)31-19-28-15-9-7-13-26(28)17-23(31)2/h3-21H,1-2H3. The molecular formula is C33H25N. The van der Waals surface area contributed by atoms with Crippen molar-refractivity contribution in [2.45, 2.75) is 13.8 Å². The normalized spacial score (nSPS) is 11.2. The maximum Gasteiger partial charge on any atom is 0.0718 e. The summed E-state index contributed by atoms with van der Waals surface area (Å²) in [6, 6.07) is 41.2. The lowest BCUT2D eigenvalue weighted by Gasteiger charge is -2.14. The third kappa shape index (κ3) is 3.66. The van der Waals surface area contributed by atoms with Crippen LogP contribution in [0.1, 0.15) is 11.1 Å². The lowest BCUT2D eigenvalue weighted by Crippen LogP contribution is -1.95. The van der Waals surface area contributed by atoms with Gasteiger partial charge in [-0.15, -0.1) is 0 Å². The number of benzene rings is 5. The lowest BCUT2D eigenvalue weighted by molar-refractivity contribution is 1.30. The summed E-state index contributed by atoms with van der Waals surface area (Å²) in [5.41, 5.74) is 9.21. The van der Waals surface area contributed by atoms with Crippen molar-refractivity contribution in [3.63, 3.8) is 0 Å². The summed E-state index contributed by atoms with van der Waals surface area (Å²) in [5.74, 6) is 0. The molecule has 0 saturated heterocycles. The van der Waals surface area contributed by atoms with Gasteiger partial charge in [0.05, 0.1) is 11.4 Å². The summed E-state index contributed by atoms with van der Waals surface area (Å²) in [7, 11) is 0. The molecule has 0 N–H and O–H groups in total. The largest absolute Gasteiger partial charge is 0.248 e. The topological polar surface area (TPSA) is 12.9 Å². The van der Waals surface area contributed by atoms with Crippen molar-refractivity contribution >= 4 is 21.5 Å². The molecule has 1 heteroatoms. The minimum absolute atomic E-state index is 1.01. The lowest BCUT2D eigenvalue weighted by atomic mass is 9.94. The summed E-state index contributed by atoms with van der Waals surface area (Å²) in [5, 5.41) is 4.99. The molecule has 0 aliphatic rings. The van der Waals surface area contributed by atoms with Gasteiger partial charge in [0.1, 0.15) is 0 Å². The zero-order chi connectivity index (χ0) is 23.1. The van der Waals surface area contributed by atoms with E-state index in [4.69, 9.17) is 4.98 Å². The van der Waals surface area contributed by atoms with Crippen molar-refractivity contribution in [2.24, 2.45) is 0 Å². The van der Waals surface area contributed by atoms with Crippen LogP contribution in [-0.2, 0) is 0 Å². The number of pyridine rings is 1. The van der Waals surface area contributed by atoms with Crippen LogP contribution >= 0.6 is 0 Å². The van der Waals surface area contributed by atoms with E-state index < -0.39 is 0 Å². The van der Waals surface area contributed by atoms with Gasteiger partial charge in [-0.3, -0.25) is 0 Å². The number of rotatable bonds is 3. The van der Waals surface area contributed by atoms with Crippen molar-refractivity contribution in [3.05, 3.63) is 126 Å². The van der Waals surface area contributed by atoms with E-state index in [1.165, 1.54) is 54.9 Å². The maximum absolute atomic E-state index is 5.23. The van der Waals surface area contributed by atoms with Crippen LogP contribution in [0.5, 0.6) is 0 Å². The molecule has 6 aromatic rings. The van der Waals surface area contributed by atoms with Gasteiger partial charge in [0.2, 0.25) is 0 Å². The van der Waals surface area contributed by atoms with Crippen molar-refractivity contribution in [3.8, 4) is 33.6 Å². The van der Waals surface area contributed by atoms with Gasteiger partial charge in [0.15, 0.2) is 0 Å². The van der Waals surface area contributed by atoms with Crippen LogP contribution in [0.15, 0.2) is 115 Å². The van der Waals surface area contributed by atoms with Gasteiger partial charge in [0.25, 0.3) is 0 Å². The molecule has 0 saturated carbocycles. The molecule has 0 bridgehead atoms. The Labute approximate surface area is 200 Å². The summed E-state index contributed by atoms with van der Waals surface area (Å²) in [6.45, 7) is 4.36. The Kier molecular flexibility index (Phi) is 4.96. The fourth-order valence-electron chi connectivity index (χ4n) is 4.86. The van der Waals surface area contributed by atoms with Crippen molar-refractivity contribution in [2.75, 3.05) is 0 Å². The Morgan fingerprint density at radius 3 is 1.29 bits per heavy atom. The summed E-state index contributed by atoms with van der Waals surface area (Å²) < 4.78 is 0. The summed E-state index contributed by atoms with van der Waals surface area (Å²) in [4.78, 5) is 5.23. The quantitative estimate of drug-likeness (QED) is 0.270. The van der Waals surface area contributed by atoms with Crippen molar-refractivity contribution in [1.29, 1.82) is 0 Å². The van der Waals surface area contributed by atoms with E-state index in [1.807, 2.05) is 0 Å². The predicted molar refractivity (Wildman–Crippen MR) is 145 cm³/mol. The highest BCUT2D eigenvalue weighted by Gasteiger charge is 2.13. The van der Waals surface area contributed by atoms with Crippen molar-refractivity contribution < 1.29 is 0 Å². The molecule has 0 unspecified atom stereocenters. The van der Waals surface area contributed by atoms with Crippen LogP contribution in [-0.4, -0.2) is 4.98 Å². The fraction of sp³-hybridized carbons (Fsp3) is 0.0606. The zero-order valence-corrected chi connectivity index (χ0v) is 19.4. The van der Waals surface area contributed by atoms with Gasteiger partial charge in [-0.1, -0.05) is 91.0 Å². The van der Waals surface area contributed by atoms with Gasteiger partial charge in [0, 0.05) is 11.1 Å². The first kappa shape index (κ1) is 20.4. The van der Waals surface area contributed by atoms with E-state index in [-0.39, 0.29) is 0 Å². The molecule has 0 aliphatic heterocycles. The average molecular weight is 436 g/mol. The number of fused-ring (bicyclic) bond motifs is 2. The van der Waals surface area contributed by atoms with E-state index in [0.29, 0.717) is 0 Å². The number of hydrogen-bond acceptors (Lipinski definition) is 1. The minimum Gasteiger partial charge on any atom is -0.248 e. The molecule has 0 spiro atoms. The SMILES string of the molecule is Cc1cc2ccccc2cc1-c1cc(-c2ccccc2)cc(-c2cc3ccccc3cc2C)n1. The second-order valence-corrected chi connectivity index (χ2v) is 9.02. The maximum atomic E-state index is 5.23. The van der Waals surface area contributed by atoms with Gasteiger partial charge >= 0.3 is 0 Å². The highest BCUT2D eigenvalue weighted by molar-refractivity contribution is 5.91. The molecule has 1 heterocycles. The number of hydrogen-bond donors (Lipinski definition) is 0. The first-order valence-electron chi connectivity index (χ1n) is 11.7. The Morgan fingerprint density at radius 2 is 0.824 bits per heavy atom. The van der Waals surface area contributed by atoms with Crippen LogP contribution in [0.3, 0.4) is 0 Å². The van der Waals surface area contributed by atoms with Gasteiger partial charge in [-0.05, 0) is 81.9 Å². The summed E-state index contributed by atoms with van der Waals surface area (Å²) in [6.07, 6.45) is 0. The first-order valence-corrected chi connectivity index (χ1v) is 11.7. The monoisotopic (exact) mass is 435 g/mol. The van der Waals surface area contributed by atoms with Crippen LogP contribution in [0.25, 0.3) is 55.2 Å². The molecule has 34 heavy (non-hydrogen) atoms. The van der Waals surface area contributed by atoms with E-state index in [0.717, 1.165) is 11.4 Å².